The van der Waals surface area contributed by atoms with Crippen molar-refractivity contribution < 1.29 is 14.3 Å². The number of ether oxygens (including phenoxy) is 1. The zero-order valence-corrected chi connectivity index (χ0v) is 19.8. The minimum atomic E-state index is -0.409. The largest absolute Gasteiger partial charge is 0.447 e. The van der Waals surface area contributed by atoms with E-state index >= 15 is 0 Å². The predicted octanol–water partition coefficient (Wildman–Crippen LogP) is 4.21. The smallest absolute Gasteiger partial charge is 0.415 e. The summed E-state index contributed by atoms with van der Waals surface area (Å²) in [4.78, 5) is 43.2. The molecule has 0 radical (unpaired) electrons. The number of benzene rings is 1. The van der Waals surface area contributed by atoms with Crippen LogP contribution < -0.4 is 15.5 Å². The van der Waals surface area contributed by atoms with Crippen molar-refractivity contribution >= 4 is 29.5 Å². The Hall–Kier alpha value is -4.34. The van der Waals surface area contributed by atoms with E-state index in [1.807, 2.05) is 39.0 Å². The monoisotopic (exact) mass is 473 g/mol. The van der Waals surface area contributed by atoms with Gasteiger partial charge in [-0.25, -0.2) is 19.7 Å². The van der Waals surface area contributed by atoms with E-state index in [-0.39, 0.29) is 23.9 Å². The normalized spacial score (nSPS) is 16.1. The molecular formula is C25H27N7O3. The first kappa shape index (κ1) is 23.8. The van der Waals surface area contributed by atoms with E-state index in [9.17, 15) is 9.59 Å². The van der Waals surface area contributed by atoms with Crippen LogP contribution in [0.25, 0.3) is 11.1 Å². The molecule has 1 saturated heterocycles. The first-order valence-electron chi connectivity index (χ1n) is 11.3. The van der Waals surface area contributed by atoms with E-state index in [1.165, 1.54) is 6.08 Å². The molecule has 0 spiro atoms. The van der Waals surface area contributed by atoms with Crippen molar-refractivity contribution in [3.63, 3.8) is 0 Å². The number of rotatable bonds is 8. The second-order valence-corrected chi connectivity index (χ2v) is 8.47. The van der Waals surface area contributed by atoms with Crippen LogP contribution in [0, 0.1) is 5.92 Å². The maximum absolute atomic E-state index is 12.3. The van der Waals surface area contributed by atoms with E-state index in [4.69, 9.17) is 4.74 Å². The highest BCUT2D eigenvalue weighted by atomic mass is 16.6. The average molecular weight is 474 g/mol. The number of nitrogens with zero attached hydrogens (tertiary/aromatic N) is 5. The summed E-state index contributed by atoms with van der Waals surface area (Å²) in [6.45, 7) is 9.78. The van der Waals surface area contributed by atoms with Gasteiger partial charge in [-0.3, -0.25) is 9.69 Å². The van der Waals surface area contributed by atoms with Gasteiger partial charge in [0.1, 0.15) is 18.2 Å². The van der Waals surface area contributed by atoms with E-state index in [1.54, 1.807) is 35.6 Å². The lowest BCUT2D eigenvalue weighted by atomic mass is 10.0. The third-order valence-electron chi connectivity index (χ3n) is 5.62. The van der Waals surface area contributed by atoms with E-state index in [2.05, 4.69) is 37.1 Å². The quantitative estimate of drug-likeness (QED) is 0.467. The van der Waals surface area contributed by atoms with Crippen LogP contribution in [0.2, 0.25) is 0 Å². The molecule has 180 valence electrons. The van der Waals surface area contributed by atoms with Crippen molar-refractivity contribution in [2.45, 2.75) is 32.9 Å². The van der Waals surface area contributed by atoms with Crippen molar-refractivity contribution in [2.24, 2.45) is 5.92 Å². The van der Waals surface area contributed by atoms with Crippen LogP contribution in [0.1, 0.15) is 32.6 Å². The third-order valence-corrected chi connectivity index (χ3v) is 5.62. The Morgan fingerprint density at radius 1 is 1.17 bits per heavy atom. The van der Waals surface area contributed by atoms with E-state index < -0.39 is 6.09 Å². The summed E-state index contributed by atoms with van der Waals surface area (Å²) in [5.74, 6) is 1.34. The Bertz CT molecular complexity index is 1230. The van der Waals surface area contributed by atoms with Crippen molar-refractivity contribution in [1.29, 1.82) is 0 Å². The number of cyclic esters (lactones) is 1. The second-order valence-electron chi connectivity index (χ2n) is 8.47. The van der Waals surface area contributed by atoms with Crippen molar-refractivity contribution in [3.05, 3.63) is 67.4 Å². The van der Waals surface area contributed by atoms with Gasteiger partial charge < -0.3 is 15.4 Å². The summed E-state index contributed by atoms with van der Waals surface area (Å²) in [6, 6.07) is 8.72. The first-order chi connectivity index (χ1) is 16.9. The number of hydrogen-bond donors (Lipinski definition) is 2. The Morgan fingerprint density at radius 3 is 2.66 bits per heavy atom. The highest BCUT2D eigenvalue weighted by Crippen LogP contribution is 2.27. The van der Waals surface area contributed by atoms with E-state index in [0.717, 1.165) is 11.1 Å². The average Bonchev–Trinajstić information content (AvgIpc) is 3.26. The third kappa shape index (κ3) is 5.43. The molecule has 1 aliphatic rings. The van der Waals surface area contributed by atoms with Crippen LogP contribution in [-0.2, 0) is 9.53 Å². The summed E-state index contributed by atoms with van der Waals surface area (Å²) in [5.41, 5.74) is 2.33. The fourth-order valence-corrected chi connectivity index (χ4v) is 3.68. The summed E-state index contributed by atoms with van der Waals surface area (Å²) >= 11 is 0. The molecule has 4 rings (SSSR count). The molecule has 2 amide bonds. The lowest BCUT2D eigenvalue weighted by Gasteiger charge is -2.23. The maximum atomic E-state index is 12.3. The molecule has 2 aromatic heterocycles. The molecule has 1 fully saturated rings. The molecule has 35 heavy (non-hydrogen) atoms. The van der Waals surface area contributed by atoms with Crippen LogP contribution in [0.5, 0.6) is 0 Å². The topological polar surface area (TPSA) is 122 Å². The Morgan fingerprint density at radius 2 is 1.94 bits per heavy atom. The number of carbonyl (C=O) groups is 2. The Kier molecular flexibility index (Phi) is 7.00. The zero-order chi connectivity index (χ0) is 24.9. The van der Waals surface area contributed by atoms with Crippen molar-refractivity contribution in [1.82, 2.24) is 19.9 Å². The van der Waals surface area contributed by atoms with Crippen LogP contribution in [0.3, 0.4) is 0 Å². The van der Waals surface area contributed by atoms with Crippen LogP contribution >= 0.6 is 0 Å². The lowest BCUT2D eigenvalue weighted by molar-refractivity contribution is -0.111. The minimum absolute atomic E-state index is 0.0813. The summed E-state index contributed by atoms with van der Waals surface area (Å²) in [7, 11) is 0. The number of anilines is 3. The molecule has 10 nitrogen and oxygen atoms in total. The van der Waals surface area contributed by atoms with Crippen LogP contribution in [0.15, 0.2) is 61.6 Å². The molecule has 2 N–H and O–H groups in total. The maximum Gasteiger partial charge on any atom is 0.415 e. The standard InChI is InChI=1S/C25H27N7O3/c1-5-22(33)30-19-8-6-7-17(11-19)18-12-27-23(28-13-18)16(4)29-24-26-10-9-21(31-24)32-20(15(2)3)14-35-25(32)34/h5-13,15-16,20H,1,14H2,2-4H3,(H,30,33)(H,26,29,31). The molecule has 2 unspecified atom stereocenters. The van der Waals surface area contributed by atoms with Crippen molar-refractivity contribution in [2.75, 3.05) is 22.1 Å². The molecule has 0 bridgehead atoms. The van der Waals surface area contributed by atoms with Gasteiger partial charge in [-0.05, 0) is 42.7 Å². The summed E-state index contributed by atoms with van der Waals surface area (Å²) < 4.78 is 5.22. The molecule has 1 aromatic carbocycles. The molecular weight excluding hydrogens is 446 g/mol. The minimum Gasteiger partial charge on any atom is -0.447 e. The van der Waals surface area contributed by atoms with Gasteiger partial charge >= 0.3 is 6.09 Å². The fraction of sp³-hybridized carbons (Fsp3) is 0.280. The molecule has 0 aliphatic carbocycles. The van der Waals surface area contributed by atoms with Gasteiger partial charge in [0.05, 0.1) is 12.1 Å². The van der Waals surface area contributed by atoms with Crippen LogP contribution in [-0.4, -0.2) is 44.6 Å². The number of carbonyl (C=O) groups excluding carboxylic acids is 2. The predicted molar refractivity (Wildman–Crippen MR) is 133 cm³/mol. The number of aromatic nitrogens is 4. The Balaban J connectivity index is 1.47. The number of nitrogens with one attached hydrogen (secondary N) is 2. The van der Waals surface area contributed by atoms with Gasteiger partial charge in [-0.2, -0.15) is 4.98 Å². The Labute approximate surface area is 203 Å². The summed E-state index contributed by atoms with van der Waals surface area (Å²) in [5, 5.41) is 5.94. The number of amides is 2. The number of hydrogen-bond acceptors (Lipinski definition) is 8. The van der Waals surface area contributed by atoms with Gasteiger partial charge in [0.2, 0.25) is 11.9 Å². The van der Waals surface area contributed by atoms with Crippen molar-refractivity contribution in [3.8, 4) is 11.1 Å². The van der Waals surface area contributed by atoms with Gasteiger partial charge in [0.25, 0.3) is 0 Å². The highest BCUT2D eigenvalue weighted by Gasteiger charge is 2.37. The lowest BCUT2D eigenvalue weighted by Crippen LogP contribution is -2.37. The summed E-state index contributed by atoms with van der Waals surface area (Å²) in [6.07, 6.45) is 5.85. The SMILES string of the molecule is C=CC(=O)Nc1cccc(-c2cnc(C(C)Nc3nccc(N4C(=O)OCC4C(C)C)n3)nc2)c1. The van der Waals surface area contributed by atoms with Crippen LogP contribution in [0.4, 0.5) is 22.2 Å². The fourth-order valence-electron chi connectivity index (χ4n) is 3.68. The molecule has 3 aromatic rings. The van der Waals surface area contributed by atoms with E-state index in [0.29, 0.717) is 29.9 Å². The molecule has 1 aliphatic heterocycles. The zero-order valence-electron chi connectivity index (χ0n) is 19.8. The highest BCUT2D eigenvalue weighted by molar-refractivity contribution is 5.99. The molecule has 3 heterocycles. The van der Waals surface area contributed by atoms with Gasteiger partial charge in [0.15, 0.2) is 0 Å². The van der Waals surface area contributed by atoms with Gasteiger partial charge in [0, 0.05) is 29.8 Å². The van der Waals surface area contributed by atoms with Gasteiger partial charge in [-0.15, -0.1) is 0 Å². The second kappa shape index (κ2) is 10.3. The van der Waals surface area contributed by atoms with Gasteiger partial charge in [-0.1, -0.05) is 32.6 Å². The first-order valence-corrected chi connectivity index (χ1v) is 11.3. The molecule has 0 saturated carbocycles. The molecule has 10 heteroatoms. The molecule has 2 atom stereocenters.